The summed E-state index contributed by atoms with van der Waals surface area (Å²) in [7, 11) is 0. The number of carbonyl (C=O) groups excluding carboxylic acids is 1. The van der Waals surface area contributed by atoms with Crippen LogP contribution in [0.2, 0.25) is 0 Å². The van der Waals surface area contributed by atoms with Gasteiger partial charge in [-0.3, -0.25) is 4.79 Å². The van der Waals surface area contributed by atoms with Crippen LogP contribution in [0.1, 0.15) is 25.3 Å². The van der Waals surface area contributed by atoms with Gasteiger partial charge < -0.3 is 19.2 Å². The summed E-state index contributed by atoms with van der Waals surface area (Å²) in [6.45, 7) is 4.79. The average Bonchev–Trinajstić information content (AvgIpc) is 3.05. The first-order chi connectivity index (χ1) is 11.5. The first kappa shape index (κ1) is 16.5. The second-order valence-corrected chi connectivity index (χ2v) is 6.05. The van der Waals surface area contributed by atoms with Gasteiger partial charge in [0, 0.05) is 30.7 Å². The Morgan fingerprint density at radius 1 is 1.42 bits per heavy atom. The molecule has 0 radical (unpaired) electrons. The lowest BCUT2D eigenvalue weighted by Gasteiger charge is -2.16. The van der Waals surface area contributed by atoms with E-state index in [1.165, 1.54) is 6.07 Å². The van der Waals surface area contributed by atoms with Crippen molar-refractivity contribution >= 4 is 16.9 Å². The molecule has 2 aromatic rings. The Kier molecular flexibility index (Phi) is 4.85. The molecular weight excluding hydrogens is 310 g/mol. The summed E-state index contributed by atoms with van der Waals surface area (Å²) >= 11 is 0. The molecule has 0 saturated carbocycles. The van der Waals surface area contributed by atoms with Crippen molar-refractivity contribution in [1.29, 1.82) is 0 Å². The van der Waals surface area contributed by atoms with Gasteiger partial charge in [-0.1, -0.05) is 0 Å². The van der Waals surface area contributed by atoms with Crippen LogP contribution in [0.25, 0.3) is 11.0 Å². The van der Waals surface area contributed by atoms with Crippen molar-refractivity contribution in [3.05, 3.63) is 40.2 Å². The Balaban J connectivity index is 1.64. The van der Waals surface area contributed by atoms with E-state index in [0.29, 0.717) is 17.9 Å². The normalized spacial score (nSPS) is 18.5. The molecule has 1 aliphatic heterocycles. The Bertz CT molecular complexity index is 792. The van der Waals surface area contributed by atoms with Gasteiger partial charge in [-0.25, -0.2) is 4.79 Å². The molecule has 1 saturated heterocycles. The molecule has 1 N–H and O–H groups in total. The molecule has 24 heavy (non-hydrogen) atoms. The smallest absolute Gasteiger partial charge is 0.336 e. The van der Waals surface area contributed by atoms with Crippen LogP contribution in [-0.2, 0) is 9.53 Å². The number of nitrogens with one attached hydrogen (secondary N) is 1. The lowest BCUT2D eigenvalue weighted by molar-refractivity contribution is -0.127. The fourth-order valence-corrected chi connectivity index (χ4v) is 2.80. The maximum Gasteiger partial charge on any atom is 0.336 e. The van der Waals surface area contributed by atoms with Crippen LogP contribution in [0.5, 0.6) is 5.75 Å². The molecule has 6 heteroatoms. The molecule has 1 aliphatic rings. The Morgan fingerprint density at radius 3 is 3.00 bits per heavy atom. The Morgan fingerprint density at radius 2 is 2.25 bits per heavy atom. The van der Waals surface area contributed by atoms with Crippen molar-refractivity contribution in [2.24, 2.45) is 0 Å². The number of amides is 1. The summed E-state index contributed by atoms with van der Waals surface area (Å²) < 4.78 is 16.3. The van der Waals surface area contributed by atoms with Crippen LogP contribution < -0.4 is 15.7 Å². The molecule has 2 atom stereocenters. The van der Waals surface area contributed by atoms with Gasteiger partial charge in [-0.2, -0.15) is 0 Å². The maximum atomic E-state index is 12.1. The quantitative estimate of drug-likeness (QED) is 0.850. The second-order valence-electron chi connectivity index (χ2n) is 6.05. The first-order valence-electron chi connectivity index (χ1n) is 8.13. The first-order valence-corrected chi connectivity index (χ1v) is 8.13. The summed E-state index contributed by atoms with van der Waals surface area (Å²) in [5.41, 5.74) is 0.888. The molecule has 2 heterocycles. The van der Waals surface area contributed by atoms with Crippen LogP contribution in [0.15, 0.2) is 33.5 Å². The summed E-state index contributed by atoms with van der Waals surface area (Å²) in [6, 6.07) is 6.66. The van der Waals surface area contributed by atoms with Gasteiger partial charge in [-0.05, 0) is 44.4 Å². The average molecular weight is 331 g/mol. The van der Waals surface area contributed by atoms with Crippen LogP contribution in [0.3, 0.4) is 0 Å². The van der Waals surface area contributed by atoms with E-state index in [-0.39, 0.29) is 12.0 Å². The summed E-state index contributed by atoms with van der Waals surface area (Å²) in [6.07, 6.45) is 1.45. The number of hydrogen-bond acceptors (Lipinski definition) is 5. The molecule has 1 amide bonds. The molecule has 1 aromatic heterocycles. The number of hydrogen-bond donors (Lipinski definition) is 1. The minimum atomic E-state index is -0.652. The third-order valence-corrected chi connectivity index (χ3v) is 4.13. The largest absolute Gasteiger partial charge is 0.481 e. The van der Waals surface area contributed by atoms with Crippen molar-refractivity contribution in [1.82, 2.24) is 5.32 Å². The topological polar surface area (TPSA) is 77.8 Å². The molecule has 0 unspecified atom stereocenters. The molecule has 6 nitrogen and oxygen atoms in total. The predicted octanol–water partition coefficient (Wildman–Crippen LogP) is 2.16. The van der Waals surface area contributed by atoms with E-state index < -0.39 is 11.7 Å². The highest BCUT2D eigenvalue weighted by Crippen LogP contribution is 2.23. The van der Waals surface area contributed by atoms with E-state index in [1.807, 2.05) is 13.0 Å². The number of benzene rings is 1. The second kappa shape index (κ2) is 7.05. The minimum absolute atomic E-state index is 0.0964. The van der Waals surface area contributed by atoms with Gasteiger partial charge in [0.1, 0.15) is 11.3 Å². The maximum absolute atomic E-state index is 12.1. The fraction of sp³-hybridized carbons (Fsp3) is 0.444. The zero-order chi connectivity index (χ0) is 17.1. The molecule has 128 valence electrons. The van der Waals surface area contributed by atoms with Gasteiger partial charge in [0.2, 0.25) is 0 Å². The third-order valence-electron chi connectivity index (χ3n) is 4.13. The Labute approximate surface area is 139 Å². The van der Waals surface area contributed by atoms with Crippen molar-refractivity contribution < 1.29 is 18.7 Å². The molecule has 1 aromatic carbocycles. The Hall–Kier alpha value is -2.34. The molecular formula is C18H21NO5. The lowest BCUT2D eigenvalue weighted by Crippen LogP contribution is -2.40. The van der Waals surface area contributed by atoms with Crippen molar-refractivity contribution in [2.45, 2.75) is 38.9 Å². The molecule has 0 spiro atoms. The van der Waals surface area contributed by atoms with Gasteiger partial charge in [0.25, 0.3) is 5.91 Å². The highest BCUT2D eigenvalue weighted by Gasteiger charge is 2.19. The SMILES string of the molecule is Cc1cc(=O)oc2cc(O[C@@H](C)C(=O)NC[C@H]3CCCO3)ccc12. The van der Waals surface area contributed by atoms with Gasteiger partial charge >= 0.3 is 5.63 Å². The summed E-state index contributed by atoms with van der Waals surface area (Å²) in [4.78, 5) is 23.6. The van der Waals surface area contributed by atoms with E-state index in [1.54, 1.807) is 19.1 Å². The van der Waals surface area contributed by atoms with Crippen LogP contribution in [0, 0.1) is 6.92 Å². The third kappa shape index (κ3) is 3.76. The number of fused-ring (bicyclic) bond motifs is 1. The summed E-state index contributed by atoms with van der Waals surface area (Å²) in [5, 5.41) is 3.68. The number of rotatable bonds is 5. The van der Waals surface area contributed by atoms with Crippen LogP contribution >= 0.6 is 0 Å². The van der Waals surface area contributed by atoms with Crippen molar-refractivity contribution in [3.8, 4) is 5.75 Å². The summed E-state index contributed by atoms with van der Waals surface area (Å²) in [5.74, 6) is 0.285. The van der Waals surface area contributed by atoms with E-state index in [2.05, 4.69) is 5.32 Å². The van der Waals surface area contributed by atoms with Gasteiger partial charge in [-0.15, -0.1) is 0 Å². The zero-order valence-corrected chi connectivity index (χ0v) is 13.8. The predicted molar refractivity (Wildman–Crippen MR) is 89.3 cm³/mol. The van der Waals surface area contributed by atoms with E-state index in [0.717, 1.165) is 30.4 Å². The molecule has 0 aliphatic carbocycles. The van der Waals surface area contributed by atoms with Crippen LogP contribution in [0.4, 0.5) is 0 Å². The lowest BCUT2D eigenvalue weighted by atomic mass is 10.1. The standard InChI is InChI=1S/C18H21NO5/c1-11-8-17(20)24-16-9-13(5-6-15(11)16)23-12(2)18(21)19-10-14-4-3-7-22-14/h5-6,8-9,12,14H,3-4,7,10H2,1-2H3,(H,19,21)/t12-,14+/m0/s1. The van der Waals surface area contributed by atoms with E-state index >= 15 is 0 Å². The van der Waals surface area contributed by atoms with Gasteiger partial charge in [0.05, 0.1) is 6.10 Å². The van der Waals surface area contributed by atoms with Crippen molar-refractivity contribution in [3.63, 3.8) is 0 Å². The number of ether oxygens (including phenoxy) is 2. The van der Waals surface area contributed by atoms with Crippen molar-refractivity contribution in [2.75, 3.05) is 13.2 Å². The number of aryl methyl sites for hydroxylation is 1. The highest BCUT2D eigenvalue weighted by atomic mass is 16.5. The fourth-order valence-electron chi connectivity index (χ4n) is 2.80. The zero-order valence-electron chi connectivity index (χ0n) is 13.8. The minimum Gasteiger partial charge on any atom is -0.481 e. The number of carbonyl (C=O) groups is 1. The highest BCUT2D eigenvalue weighted by molar-refractivity contribution is 5.82. The molecule has 1 fully saturated rings. The monoisotopic (exact) mass is 331 g/mol. The molecule has 0 bridgehead atoms. The van der Waals surface area contributed by atoms with E-state index in [4.69, 9.17) is 13.9 Å². The van der Waals surface area contributed by atoms with Crippen LogP contribution in [-0.4, -0.2) is 31.3 Å². The molecule has 3 rings (SSSR count). The van der Waals surface area contributed by atoms with E-state index in [9.17, 15) is 9.59 Å². The van der Waals surface area contributed by atoms with Gasteiger partial charge in [0.15, 0.2) is 6.10 Å².